The summed E-state index contributed by atoms with van der Waals surface area (Å²) in [5.74, 6) is 0. The average Bonchev–Trinajstić information content (AvgIpc) is 2.89. The zero-order valence-electron chi connectivity index (χ0n) is 20.3. The number of pyridine rings is 1. The number of nitrogens with one attached hydrogen (secondary N) is 1. The van der Waals surface area contributed by atoms with Crippen LogP contribution in [0.4, 0.5) is 11.4 Å². The van der Waals surface area contributed by atoms with Crippen LogP contribution in [0.3, 0.4) is 0 Å². The zero-order chi connectivity index (χ0) is 24.5. The predicted molar refractivity (Wildman–Crippen MR) is 147 cm³/mol. The molecule has 0 unspecified atom stereocenters. The minimum absolute atomic E-state index is 0.333. The van der Waals surface area contributed by atoms with Gasteiger partial charge in [0.2, 0.25) is 0 Å². The second kappa shape index (κ2) is 9.75. The molecule has 3 aliphatic rings. The van der Waals surface area contributed by atoms with Gasteiger partial charge in [-0.15, -0.1) is 0 Å². The zero-order valence-corrected chi connectivity index (χ0v) is 21.0. The second-order valence-corrected chi connectivity index (χ2v) is 9.89. The van der Waals surface area contributed by atoms with Gasteiger partial charge in [-0.1, -0.05) is 49.1 Å². The second-order valence-electron chi connectivity index (χ2n) is 9.46. The van der Waals surface area contributed by atoms with E-state index in [0.29, 0.717) is 11.1 Å². The molecule has 3 aromatic rings. The summed E-state index contributed by atoms with van der Waals surface area (Å²) in [6.07, 6.45) is 7.85. The van der Waals surface area contributed by atoms with E-state index in [-0.39, 0.29) is 0 Å². The number of rotatable bonds is 4. The first-order chi connectivity index (χ1) is 17.7. The number of aryl methyl sites for hydroxylation is 1. The molecule has 2 aliphatic carbocycles. The third-order valence-corrected chi connectivity index (χ3v) is 7.17. The Bertz CT molecular complexity index is 1580. The molecular weight excluding hydrogens is 466 g/mol. The van der Waals surface area contributed by atoms with Crippen molar-refractivity contribution in [2.24, 2.45) is 4.99 Å². The summed E-state index contributed by atoms with van der Waals surface area (Å²) < 4.78 is 2.24. The van der Waals surface area contributed by atoms with E-state index in [4.69, 9.17) is 21.6 Å². The molecule has 2 heterocycles. The first kappa shape index (κ1) is 22.7. The lowest BCUT2D eigenvalue weighted by molar-refractivity contribution is 0.437. The van der Waals surface area contributed by atoms with E-state index in [2.05, 4.69) is 51.3 Å². The quantitative estimate of drug-likeness (QED) is 0.264. The fraction of sp³-hybridized carbons (Fsp3) is 0.233. The van der Waals surface area contributed by atoms with Crippen molar-refractivity contribution in [1.82, 2.24) is 14.5 Å². The van der Waals surface area contributed by atoms with Gasteiger partial charge in [0.25, 0.3) is 0 Å². The van der Waals surface area contributed by atoms with Crippen LogP contribution in [0.5, 0.6) is 0 Å². The molecule has 0 amide bonds. The van der Waals surface area contributed by atoms with E-state index in [1.54, 1.807) is 0 Å². The van der Waals surface area contributed by atoms with Crippen LogP contribution < -0.4 is 10.7 Å². The number of hydrogen-bond donors (Lipinski definition) is 1. The number of anilines is 2. The monoisotopic (exact) mass is 493 g/mol. The van der Waals surface area contributed by atoms with Crippen molar-refractivity contribution >= 4 is 34.0 Å². The Labute approximate surface area is 215 Å². The van der Waals surface area contributed by atoms with Crippen LogP contribution in [0.2, 0.25) is 5.02 Å². The largest absolute Gasteiger partial charge is 0.352 e. The van der Waals surface area contributed by atoms with Crippen molar-refractivity contribution in [2.45, 2.75) is 45.1 Å². The molecular formula is C30H28ClN5. The van der Waals surface area contributed by atoms with E-state index >= 15 is 0 Å². The summed E-state index contributed by atoms with van der Waals surface area (Å²) >= 11 is 6.42. The van der Waals surface area contributed by atoms with Gasteiger partial charge in [0.15, 0.2) is 0 Å². The van der Waals surface area contributed by atoms with E-state index in [1.165, 1.54) is 19.3 Å². The Morgan fingerprint density at radius 2 is 1.78 bits per heavy atom. The molecule has 180 valence electrons. The van der Waals surface area contributed by atoms with Crippen LogP contribution in [0.25, 0.3) is 28.1 Å². The minimum atomic E-state index is 0.333. The normalized spacial score (nSPS) is 15.0. The third kappa shape index (κ3) is 4.47. The molecule has 1 N–H and O–H groups in total. The summed E-state index contributed by atoms with van der Waals surface area (Å²) in [5, 5.41) is 5.26. The molecule has 2 aromatic carbocycles. The van der Waals surface area contributed by atoms with Crippen molar-refractivity contribution < 1.29 is 0 Å². The Hall–Kier alpha value is -3.70. The molecule has 36 heavy (non-hydrogen) atoms. The molecule has 6 rings (SSSR count). The molecule has 0 radical (unpaired) electrons. The topological polar surface area (TPSA) is 55.1 Å². The van der Waals surface area contributed by atoms with Gasteiger partial charge < -0.3 is 9.88 Å². The lowest BCUT2D eigenvalue weighted by Gasteiger charge is -2.22. The van der Waals surface area contributed by atoms with Gasteiger partial charge in [0.05, 0.1) is 50.9 Å². The molecule has 5 nitrogen and oxygen atoms in total. The Kier molecular flexibility index (Phi) is 6.16. The van der Waals surface area contributed by atoms with Crippen molar-refractivity contribution in [1.29, 1.82) is 0 Å². The third-order valence-electron chi connectivity index (χ3n) is 6.94. The van der Waals surface area contributed by atoms with Crippen molar-refractivity contribution in [3.8, 4) is 17.1 Å². The summed E-state index contributed by atoms with van der Waals surface area (Å²) in [4.78, 5) is 14.8. The van der Waals surface area contributed by atoms with Crippen molar-refractivity contribution in [2.75, 3.05) is 5.32 Å². The van der Waals surface area contributed by atoms with Gasteiger partial charge in [0, 0.05) is 16.9 Å². The summed E-state index contributed by atoms with van der Waals surface area (Å²) in [6.45, 7) is 2.01. The number of benzene rings is 3. The highest BCUT2D eigenvalue weighted by Crippen LogP contribution is 2.31. The molecule has 1 aromatic heterocycles. The fourth-order valence-electron chi connectivity index (χ4n) is 5.11. The highest BCUT2D eigenvalue weighted by molar-refractivity contribution is 6.30. The maximum absolute atomic E-state index is 6.42. The number of nitrogens with zero attached hydrogens (tertiary/aromatic N) is 4. The number of aromatic nitrogens is 3. The minimum Gasteiger partial charge on any atom is -0.352 e. The highest BCUT2D eigenvalue weighted by atomic mass is 35.5. The van der Waals surface area contributed by atoms with E-state index < -0.39 is 0 Å². The van der Waals surface area contributed by atoms with E-state index in [1.807, 2.05) is 49.5 Å². The molecule has 6 heteroatoms. The summed E-state index contributed by atoms with van der Waals surface area (Å²) in [7, 11) is 0. The average molecular weight is 494 g/mol. The number of hydrogen-bond acceptors (Lipinski definition) is 4. The van der Waals surface area contributed by atoms with Gasteiger partial charge in [0.1, 0.15) is 0 Å². The molecule has 0 saturated heterocycles. The van der Waals surface area contributed by atoms with Gasteiger partial charge in [-0.25, -0.2) is 4.98 Å². The maximum atomic E-state index is 6.42. The van der Waals surface area contributed by atoms with Crippen LogP contribution >= 0.6 is 11.6 Å². The van der Waals surface area contributed by atoms with Gasteiger partial charge in [-0.3, -0.25) is 9.98 Å². The van der Waals surface area contributed by atoms with E-state index in [9.17, 15) is 0 Å². The first-order valence-electron chi connectivity index (χ1n) is 12.6. The standard InChI is InChI=1S/C30H28ClN5/c1-20-24(14-8-16-32-20)34-26-18-28-30(19-27(26)33-22-10-3-2-4-11-22)36(23-12-7-9-21(31)17-23)29-15-6-5-13-25(29)35-28/h5-9,12-19,22,34H,2-4,10-11H2,1H3/b33-27+. The Balaban J connectivity index is 1.64. The summed E-state index contributed by atoms with van der Waals surface area (Å²) in [5.41, 5.74) is 7.70. The van der Waals surface area contributed by atoms with Crippen LogP contribution in [-0.4, -0.2) is 20.6 Å². The lowest BCUT2D eigenvalue weighted by atomic mass is 9.96. The molecule has 1 saturated carbocycles. The van der Waals surface area contributed by atoms with Crippen LogP contribution in [0.1, 0.15) is 37.8 Å². The molecule has 0 spiro atoms. The van der Waals surface area contributed by atoms with Gasteiger partial charge in [-0.05, 0) is 74.4 Å². The number of fused-ring (bicyclic) bond motifs is 2. The maximum Gasteiger partial charge on any atom is 0.0900 e. The number of halogens is 1. The van der Waals surface area contributed by atoms with Crippen LogP contribution in [0, 0.1) is 6.92 Å². The van der Waals surface area contributed by atoms with E-state index in [0.717, 1.165) is 63.4 Å². The van der Waals surface area contributed by atoms with Gasteiger partial charge >= 0.3 is 0 Å². The highest BCUT2D eigenvalue weighted by Gasteiger charge is 2.18. The summed E-state index contributed by atoms with van der Waals surface area (Å²) in [6, 6.07) is 24.8. The van der Waals surface area contributed by atoms with Crippen molar-refractivity contribution in [3.63, 3.8) is 0 Å². The molecule has 0 bridgehead atoms. The first-order valence-corrected chi connectivity index (χ1v) is 13.0. The van der Waals surface area contributed by atoms with Crippen LogP contribution in [-0.2, 0) is 0 Å². The number of para-hydroxylation sites is 2. The lowest BCUT2D eigenvalue weighted by Crippen LogP contribution is -2.19. The Morgan fingerprint density at radius 3 is 2.61 bits per heavy atom. The SMILES string of the molecule is Cc1ncccc1Nc1cc2nc3ccccc3n(-c3cccc(Cl)c3)c-2c/c1=N\C1CCCCC1. The van der Waals surface area contributed by atoms with Crippen LogP contribution in [0.15, 0.2) is 84.0 Å². The van der Waals surface area contributed by atoms with Gasteiger partial charge in [-0.2, -0.15) is 0 Å². The smallest absolute Gasteiger partial charge is 0.0900 e. The predicted octanol–water partition coefficient (Wildman–Crippen LogP) is 7.46. The fourth-order valence-corrected chi connectivity index (χ4v) is 5.29. The molecule has 1 aliphatic heterocycles. The molecule has 0 atom stereocenters. The molecule has 1 fully saturated rings. The van der Waals surface area contributed by atoms with Crippen molar-refractivity contribution in [3.05, 3.63) is 95.1 Å². The Morgan fingerprint density at radius 1 is 0.917 bits per heavy atom.